The average molecular weight is 273 g/mol. The lowest BCUT2D eigenvalue weighted by molar-refractivity contribution is 0.0872. The van der Waals surface area contributed by atoms with Gasteiger partial charge in [0, 0.05) is 6.20 Å². The molecular formula is C10H13BrN2O2. The zero-order valence-corrected chi connectivity index (χ0v) is 10.2. The van der Waals surface area contributed by atoms with Crippen molar-refractivity contribution in [3.05, 3.63) is 28.5 Å². The molecule has 1 rings (SSSR count). The maximum Gasteiger partial charge on any atom is 0.254 e. The number of carbonyl (C=O) groups is 1. The molecule has 1 amide bonds. The van der Waals surface area contributed by atoms with E-state index in [0.717, 1.165) is 0 Å². The Labute approximate surface area is 96.8 Å². The number of hydrogen-bond acceptors (Lipinski definition) is 3. The molecule has 1 aromatic heterocycles. The minimum absolute atomic E-state index is 0.247. The highest BCUT2D eigenvalue weighted by Crippen LogP contribution is 2.12. The molecule has 1 aromatic rings. The van der Waals surface area contributed by atoms with Gasteiger partial charge in [-0.25, -0.2) is 4.98 Å². The smallest absolute Gasteiger partial charge is 0.254 e. The summed E-state index contributed by atoms with van der Waals surface area (Å²) in [5.41, 5.74) is 0.463. The van der Waals surface area contributed by atoms with Gasteiger partial charge in [0.15, 0.2) is 0 Å². The molecule has 0 radical (unpaired) electrons. The number of hydrogen-bond donors (Lipinski definition) is 2. The van der Waals surface area contributed by atoms with Crippen LogP contribution in [0, 0.1) is 0 Å². The molecule has 0 aromatic carbocycles. The Hall–Kier alpha value is -0.940. The van der Waals surface area contributed by atoms with E-state index >= 15 is 0 Å². The normalized spacial score (nSPS) is 14.4. The summed E-state index contributed by atoms with van der Waals surface area (Å²) in [5.74, 6) is -0.247. The third-order valence-electron chi connectivity index (χ3n) is 2.09. The second kappa shape index (κ2) is 5.23. The molecule has 0 aliphatic heterocycles. The van der Waals surface area contributed by atoms with Crippen LogP contribution in [0.2, 0.25) is 0 Å². The molecule has 2 unspecified atom stereocenters. The highest BCUT2D eigenvalue weighted by Gasteiger charge is 2.15. The lowest BCUT2D eigenvalue weighted by Crippen LogP contribution is -2.39. The predicted octanol–water partition coefficient (Wildman–Crippen LogP) is 1.34. The van der Waals surface area contributed by atoms with E-state index in [1.807, 2.05) is 0 Å². The largest absolute Gasteiger partial charge is 0.391 e. The van der Waals surface area contributed by atoms with Gasteiger partial charge in [-0.3, -0.25) is 4.79 Å². The zero-order chi connectivity index (χ0) is 11.4. The quantitative estimate of drug-likeness (QED) is 0.817. The summed E-state index contributed by atoms with van der Waals surface area (Å²) < 4.78 is 0.500. The molecule has 1 heterocycles. The Morgan fingerprint density at radius 1 is 1.60 bits per heavy atom. The van der Waals surface area contributed by atoms with Crippen molar-refractivity contribution in [3.63, 3.8) is 0 Å². The third-order valence-corrected chi connectivity index (χ3v) is 2.72. The number of halogens is 1. The fourth-order valence-electron chi connectivity index (χ4n) is 0.961. The molecular weight excluding hydrogens is 260 g/mol. The minimum atomic E-state index is -0.579. The van der Waals surface area contributed by atoms with Gasteiger partial charge in [-0.05, 0) is 41.9 Å². The van der Waals surface area contributed by atoms with Gasteiger partial charge in [0.05, 0.1) is 17.7 Å². The highest BCUT2D eigenvalue weighted by molar-refractivity contribution is 9.10. The molecule has 15 heavy (non-hydrogen) atoms. The Morgan fingerprint density at radius 3 is 2.80 bits per heavy atom. The first-order valence-electron chi connectivity index (χ1n) is 4.62. The van der Waals surface area contributed by atoms with Gasteiger partial charge >= 0.3 is 0 Å². The van der Waals surface area contributed by atoms with E-state index in [9.17, 15) is 9.90 Å². The van der Waals surface area contributed by atoms with E-state index in [2.05, 4.69) is 26.2 Å². The van der Waals surface area contributed by atoms with E-state index in [-0.39, 0.29) is 11.9 Å². The second-order valence-electron chi connectivity index (χ2n) is 3.34. The van der Waals surface area contributed by atoms with E-state index in [4.69, 9.17) is 0 Å². The second-order valence-corrected chi connectivity index (χ2v) is 4.10. The lowest BCUT2D eigenvalue weighted by Gasteiger charge is -2.16. The van der Waals surface area contributed by atoms with Gasteiger partial charge in [0.2, 0.25) is 0 Å². The molecule has 5 heteroatoms. The van der Waals surface area contributed by atoms with Crippen molar-refractivity contribution in [1.29, 1.82) is 0 Å². The predicted molar refractivity (Wildman–Crippen MR) is 60.5 cm³/mol. The fourth-order valence-corrected chi connectivity index (χ4v) is 1.39. The lowest BCUT2D eigenvalue weighted by atomic mass is 10.2. The number of nitrogens with one attached hydrogen (secondary N) is 1. The van der Waals surface area contributed by atoms with E-state index < -0.39 is 6.10 Å². The Balaban J connectivity index is 2.74. The Kier molecular flexibility index (Phi) is 4.23. The summed E-state index contributed by atoms with van der Waals surface area (Å²) in [6, 6.07) is 3.07. The van der Waals surface area contributed by atoms with E-state index in [1.165, 1.54) is 0 Å². The Morgan fingerprint density at radius 2 is 2.27 bits per heavy atom. The summed E-state index contributed by atoms with van der Waals surface area (Å²) in [6.45, 7) is 3.37. The maximum absolute atomic E-state index is 11.7. The highest BCUT2D eigenvalue weighted by atomic mass is 79.9. The average Bonchev–Trinajstić information content (AvgIpc) is 2.18. The summed E-state index contributed by atoms with van der Waals surface area (Å²) in [6.07, 6.45) is 1.02. The topological polar surface area (TPSA) is 62.2 Å². The minimum Gasteiger partial charge on any atom is -0.391 e. The number of amides is 1. The van der Waals surface area contributed by atoms with Crippen molar-refractivity contribution in [2.45, 2.75) is 26.0 Å². The number of nitrogens with zero attached hydrogens (tertiary/aromatic N) is 1. The van der Waals surface area contributed by atoms with E-state index in [0.29, 0.717) is 10.2 Å². The molecule has 2 N–H and O–H groups in total. The Bertz CT molecular complexity index is 355. The number of aliphatic hydroxyl groups excluding tert-OH is 1. The van der Waals surface area contributed by atoms with Crippen LogP contribution in [0.1, 0.15) is 24.2 Å². The van der Waals surface area contributed by atoms with Crippen LogP contribution in [-0.4, -0.2) is 28.1 Å². The van der Waals surface area contributed by atoms with Crippen molar-refractivity contribution < 1.29 is 9.90 Å². The van der Waals surface area contributed by atoms with Crippen LogP contribution in [-0.2, 0) is 0 Å². The van der Waals surface area contributed by atoms with Crippen LogP contribution in [0.15, 0.2) is 22.9 Å². The van der Waals surface area contributed by atoms with Gasteiger partial charge in [0.1, 0.15) is 4.60 Å². The molecule has 0 saturated heterocycles. The van der Waals surface area contributed by atoms with Gasteiger partial charge in [0.25, 0.3) is 5.91 Å². The first-order chi connectivity index (χ1) is 7.02. The fraction of sp³-hybridized carbons (Fsp3) is 0.400. The summed E-state index contributed by atoms with van der Waals surface area (Å²) in [5, 5.41) is 11.9. The molecule has 2 atom stereocenters. The van der Waals surface area contributed by atoms with Gasteiger partial charge in [-0.1, -0.05) is 0 Å². The van der Waals surface area contributed by atoms with E-state index in [1.54, 1.807) is 32.2 Å². The number of aromatic nitrogens is 1. The van der Waals surface area contributed by atoms with Gasteiger partial charge in [-0.2, -0.15) is 0 Å². The summed E-state index contributed by atoms with van der Waals surface area (Å²) >= 11 is 3.19. The van der Waals surface area contributed by atoms with Crippen molar-refractivity contribution in [3.8, 4) is 0 Å². The standard InChI is InChI=1S/C10H13BrN2O2/c1-6(7(2)14)13-10(15)8-4-3-5-12-9(8)11/h3-7,14H,1-2H3,(H,13,15). The molecule has 0 aliphatic carbocycles. The van der Waals surface area contributed by atoms with Gasteiger partial charge in [-0.15, -0.1) is 0 Å². The van der Waals surface area contributed by atoms with Crippen LogP contribution in [0.5, 0.6) is 0 Å². The summed E-state index contributed by atoms with van der Waals surface area (Å²) in [7, 11) is 0. The first-order valence-corrected chi connectivity index (χ1v) is 5.41. The van der Waals surface area contributed by atoms with Crippen LogP contribution >= 0.6 is 15.9 Å². The SMILES string of the molecule is CC(O)C(C)NC(=O)c1cccnc1Br. The molecule has 0 bridgehead atoms. The zero-order valence-electron chi connectivity index (χ0n) is 8.57. The van der Waals surface area contributed by atoms with Crippen LogP contribution in [0.4, 0.5) is 0 Å². The monoisotopic (exact) mass is 272 g/mol. The first kappa shape index (κ1) is 12.1. The van der Waals surface area contributed by atoms with Crippen molar-refractivity contribution >= 4 is 21.8 Å². The number of carbonyl (C=O) groups excluding carboxylic acids is 1. The molecule has 82 valence electrons. The molecule has 0 spiro atoms. The van der Waals surface area contributed by atoms with Gasteiger partial charge < -0.3 is 10.4 Å². The molecule has 4 nitrogen and oxygen atoms in total. The van der Waals surface area contributed by atoms with Crippen LogP contribution in [0.25, 0.3) is 0 Å². The molecule has 0 saturated carbocycles. The van der Waals surface area contributed by atoms with Crippen molar-refractivity contribution in [1.82, 2.24) is 10.3 Å². The van der Waals surface area contributed by atoms with Crippen molar-refractivity contribution in [2.24, 2.45) is 0 Å². The maximum atomic E-state index is 11.7. The summed E-state index contributed by atoms with van der Waals surface area (Å²) in [4.78, 5) is 15.6. The number of pyridine rings is 1. The number of rotatable bonds is 3. The van der Waals surface area contributed by atoms with Crippen LogP contribution in [0.3, 0.4) is 0 Å². The molecule has 0 aliphatic rings. The van der Waals surface area contributed by atoms with Crippen LogP contribution < -0.4 is 5.32 Å². The molecule has 0 fully saturated rings. The van der Waals surface area contributed by atoms with Crippen molar-refractivity contribution in [2.75, 3.05) is 0 Å². The third kappa shape index (κ3) is 3.28. The number of aliphatic hydroxyl groups is 1.